The number of terminal acetylenes is 1. The van der Waals surface area contributed by atoms with Gasteiger partial charge in [0.25, 0.3) is 0 Å². The Bertz CT molecular complexity index is 295. The maximum Gasteiger partial charge on any atom is 0.0893 e. The van der Waals surface area contributed by atoms with Gasteiger partial charge in [-0.2, -0.15) is 0 Å². The second-order valence-corrected chi connectivity index (χ2v) is 3.87. The first kappa shape index (κ1) is 10.3. The van der Waals surface area contributed by atoms with Crippen LogP contribution in [0.4, 0.5) is 0 Å². The van der Waals surface area contributed by atoms with Crippen molar-refractivity contribution in [1.82, 2.24) is 0 Å². The summed E-state index contributed by atoms with van der Waals surface area (Å²) >= 11 is 1.61. The largest absolute Gasteiger partial charge is 0.388 e. The van der Waals surface area contributed by atoms with Crippen LogP contribution in [0.2, 0.25) is 0 Å². The Balaban J connectivity index is 2.65. The molecule has 0 aliphatic carbocycles. The van der Waals surface area contributed by atoms with Gasteiger partial charge in [-0.05, 0) is 29.9 Å². The molecule has 13 heavy (non-hydrogen) atoms. The topological polar surface area (TPSA) is 20.2 Å². The van der Waals surface area contributed by atoms with Crippen molar-refractivity contribution >= 4 is 11.3 Å². The molecule has 1 N–H and O–H groups in total. The third-order valence-electron chi connectivity index (χ3n) is 2.03. The Morgan fingerprint density at radius 1 is 1.69 bits per heavy atom. The second kappa shape index (κ2) is 5.06. The number of thiophene rings is 1. The first-order valence-electron chi connectivity index (χ1n) is 4.47. The van der Waals surface area contributed by atoms with Gasteiger partial charge in [-0.3, -0.25) is 0 Å². The molecule has 0 aliphatic heterocycles. The predicted octanol–water partition coefficient (Wildman–Crippen LogP) is 2.76. The molecular formula is C11H14OS. The summed E-state index contributed by atoms with van der Waals surface area (Å²) in [6.07, 6.45) is 7.06. The number of hydrogen-bond donors (Lipinski definition) is 1. The zero-order valence-electron chi connectivity index (χ0n) is 7.79. The maximum atomic E-state index is 9.77. The number of hydrogen-bond acceptors (Lipinski definition) is 2. The molecular weight excluding hydrogens is 180 g/mol. The molecule has 2 heteroatoms. The van der Waals surface area contributed by atoms with Gasteiger partial charge in [0.2, 0.25) is 0 Å². The standard InChI is InChI=1S/C11H14OS/c1-3-5-6-10(12)11-9(4-2)7-8-13-11/h1,7-8,10,12H,4-6H2,2H3. The summed E-state index contributed by atoms with van der Waals surface area (Å²) < 4.78 is 0. The van der Waals surface area contributed by atoms with Crippen LogP contribution in [-0.2, 0) is 6.42 Å². The molecule has 1 atom stereocenters. The Hall–Kier alpha value is -0.780. The van der Waals surface area contributed by atoms with Crippen LogP contribution in [0.1, 0.15) is 36.3 Å². The summed E-state index contributed by atoms with van der Waals surface area (Å²) in [6.45, 7) is 2.10. The molecule has 0 amide bonds. The maximum absolute atomic E-state index is 9.77. The first-order chi connectivity index (χ1) is 6.29. The van der Waals surface area contributed by atoms with Gasteiger partial charge in [0.05, 0.1) is 6.10 Å². The van der Waals surface area contributed by atoms with E-state index in [2.05, 4.69) is 18.9 Å². The molecule has 0 aliphatic rings. The molecule has 0 fully saturated rings. The average molecular weight is 194 g/mol. The summed E-state index contributed by atoms with van der Waals surface area (Å²) in [6, 6.07) is 2.07. The van der Waals surface area contributed by atoms with E-state index in [0.29, 0.717) is 12.8 Å². The summed E-state index contributed by atoms with van der Waals surface area (Å²) in [5, 5.41) is 11.8. The van der Waals surface area contributed by atoms with Gasteiger partial charge in [0.1, 0.15) is 0 Å². The summed E-state index contributed by atoms with van der Waals surface area (Å²) in [4.78, 5) is 1.08. The lowest BCUT2D eigenvalue weighted by atomic mass is 10.1. The van der Waals surface area contributed by atoms with Crippen molar-refractivity contribution < 1.29 is 5.11 Å². The highest BCUT2D eigenvalue weighted by Crippen LogP contribution is 2.27. The lowest BCUT2D eigenvalue weighted by molar-refractivity contribution is 0.172. The molecule has 0 spiro atoms. The Kier molecular flexibility index (Phi) is 4.01. The fourth-order valence-electron chi connectivity index (χ4n) is 1.28. The van der Waals surface area contributed by atoms with Crippen molar-refractivity contribution in [3.05, 3.63) is 21.9 Å². The zero-order chi connectivity index (χ0) is 9.68. The fraction of sp³-hybridized carbons (Fsp3) is 0.455. The zero-order valence-corrected chi connectivity index (χ0v) is 8.60. The fourth-order valence-corrected chi connectivity index (χ4v) is 2.30. The molecule has 1 rings (SSSR count). The van der Waals surface area contributed by atoms with E-state index < -0.39 is 0 Å². The molecule has 0 saturated carbocycles. The normalized spacial score (nSPS) is 12.4. The molecule has 0 bridgehead atoms. The highest BCUT2D eigenvalue weighted by atomic mass is 32.1. The molecule has 1 unspecified atom stereocenters. The molecule has 70 valence electrons. The Morgan fingerprint density at radius 3 is 3.08 bits per heavy atom. The first-order valence-corrected chi connectivity index (χ1v) is 5.35. The third kappa shape index (κ3) is 2.58. The Labute approximate surface area is 83.4 Å². The number of aliphatic hydroxyl groups excluding tert-OH is 1. The lowest BCUT2D eigenvalue weighted by Crippen LogP contribution is -1.97. The minimum absolute atomic E-state index is 0.369. The van der Waals surface area contributed by atoms with Crippen molar-refractivity contribution in [1.29, 1.82) is 0 Å². The van der Waals surface area contributed by atoms with E-state index in [4.69, 9.17) is 6.42 Å². The van der Waals surface area contributed by atoms with Crippen LogP contribution < -0.4 is 0 Å². The van der Waals surface area contributed by atoms with Gasteiger partial charge < -0.3 is 5.11 Å². The molecule has 0 saturated heterocycles. The van der Waals surface area contributed by atoms with E-state index >= 15 is 0 Å². The van der Waals surface area contributed by atoms with E-state index in [9.17, 15) is 5.11 Å². The molecule has 1 heterocycles. The van der Waals surface area contributed by atoms with E-state index in [0.717, 1.165) is 11.3 Å². The quantitative estimate of drug-likeness (QED) is 0.731. The monoisotopic (exact) mass is 194 g/mol. The van der Waals surface area contributed by atoms with Crippen molar-refractivity contribution in [2.75, 3.05) is 0 Å². The van der Waals surface area contributed by atoms with Gasteiger partial charge in [-0.25, -0.2) is 0 Å². The smallest absolute Gasteiger partial charge is 0.0893 e. The molecule has 1 aromatic heterocycles. The van der Waals surface area contributed by atoms with Crippen LogP contribution in [0.25, 0.3) is 0 Å². The van der Waals surface area contributed by atoms with Gasteiger partial charge in [0.15, 0.2) is 0 Å². The van der Waals surface area contributed by atoms with Gasteiger partial charge in [-0.1, -0.05) is 6.92 Å². The van der Waals surface area contributed by atoms with Crippen molar-refractivity contribution in [2.45, 2.75) is 32.3 Å². The third-order valence-corrected chi connectivity index (χ3v) is 3.09. The van der Waals surface area contributed by atoms with Crippen molar-refractivity contribution in [2.24, 2.45) is 0 Å². The van der Waals surface area contributed by atoms with Crippen LogP contribution in [0, 0.1) is 12.3 Å². The van der Waals surface area contributed by atoms with Crippen molar-refractivity contribution in [3.63, 3.8) is 0 Å². The Morgan fingerprint density at radius 2 is 2.46 bits per heavy atom. The van der Waals surface area contributed by atoms with Crippen LogP contribution in [-0.4, -0.2) is 5.11 Å². The molecule has 1 nitrogen and oxygen atoms in total. The minimum Gasteiger partial charge on any atom is -0.388 e. The van der Waals surface area contributed by atoms with Crippen LogP contribution in [0.3, 0.4) is 0 Å². The summed E-state index contributed by atoms with van der Waals surface area (Å²) in [5.74, 6) is 2.54. The average Bonchev–Trinajstić information content (AvgIpc) is 2.61. The van der Waals surface area contributed by atoms with Gasteiger partial charge in [-0.15, -0.1) is 23.7 Å². The van der Waals surface area contributed by atoms with Gasteiger partial charge >= 0.3 is 0 Å². The van der Waals surface area contributed by atoms with E-state index in [1.807, 2.05) is 5.38 Å². The SMILES string of the molecule is C#CCCC(O)c1sccc1CC. The summed E-state index contributed by atoms with van der Waals surface area (Å²) in [7, 11) is 0. The van der Waals surface area contributed by atoms with E-state index in [1.165, 1.54) is 5.56 Å². The van der Waals surface area contributed by atoms with Crippen LogP contribution in [0.15, 0.2) is 11.4 Å². The highest BCUT2D eigenvalue weighted by molar-refractivity contribution is 7.10. The molecule has 1 aromatic rings. The molecule has 0 radical (unpaired) electrons. The highest BCUT2D eigenvalue weighted by Gasteiger charge is 2.11. The number of aliphatic hydroxyl groups is 1. The summed E-state index contributed by atoms with van der Waals surface area (Å²) in [5.41, 5.74) is 1.24. The van der Waals surface area contributed by atoms with Crippen molar-refractivity contribution in [3.8, 4) is 12.3 Å². The number of rotatable bonds is 4. The lowest BCUT2D eigenvalue weighted by Gasteiger charge is -2.08. The van der Waals surface area contributed by atoms with E-state index in [-0.39, 0.29) is 6.10 Å². The van der Waals surface area contributed by atoms with Crippen LogP contribution in [0.5, 0.6) is 0 Å². The predicted molar refractivity (Wildman–Crippen MR) is 56.7 cm³/mol. The number of aryl methyl sites for hydroxylation is 1. The van der Waals surface area contributed by atoms with Crippen LogP contribution >= 0.6 is 11.3 Å². The second-order valence-electron chi connectivity index (χ2n) is 2.92. The van der Waals surface area contributed by atoms with E-state index in [1.54, 1.807) is 11.3 Å². The van der Waals surface area contributed by atoms with Gasteiger partial charge in [0, 0.05) is 11.3 Å². The molecule has 0 aromatic carbocycles. The minimum atomic E-state index is -0.369.